The summed E-state index contributed by atoms with van der Waals surface area (Å²) in [4.78, 5) is 0. The first kappa shape index (κ1) is 11.8. The molecule has 0 saturated carbocycles. The molecular weight excluding hydrogens is 253 g/mol. The molecule has 0 amide bonds. The molecule has 19 heavy (non-hydrogen) atoms. The van der Waals surface area contributed by atoms with E-state index in [9.17, 15) is 13.2 Å². The monoisotopic (exact) mass is 262 g/mol. The highest BCUT2D eigenvalue weighted by atomic mass is 19.2. The lowest BCUT2D eigenvalue weighted by molar-refractivity contribution is 0.250. The zero-order chi connectivity index (χ0) is 13.4. The Morgan fingerprint density at radius 1 is 0.947 bits per heavy atom. The predicted octanol–water partition coefficient (Wildman–Crippen LogP) is 4.25. The van der Waals surface area contributed by atoms with Gasteiger partial charge < -0.3 is 4.74 Å². The zero-order valence-electron chi connectivity index (χ0n) is 9.74. The van der Waals surface area contributed by atoms with Crippen LogP contribution in [-0.2, 0) is 0 Å². The van der Waals surface area contributed by atoms with Crippen molar-refractivity contribution in [2.24, 2.45) is 0 Å². The lowest BCUT2D eigenvalue weighted by Crippen LogP contribution is -2.10. The summed E-state index contributed by atoms with van der Waals surface area (Å²) in [7, 11) is 0. The highest BCUT2D eigenvalue weighted by molar-refractivity contribution is 5.60. The van der Waals surface area contributed by atoms with Gasteiger partial charge in [-0.2, -0.15) is 0 Å². The van der Waals surface area contributed by atoms with E-state index in [1.165, 1.54) is 0 Å². The smallest absolute Gasteiger partial charge is 0.194 e. The van der Waals surface area contributed by atoms with E-state index < -0.39 is 23.6 Å². The van der Waals surface area contributed by atoms with E-state index in [4.69, 9.17) is 4.74 Å². The quantitative estimate of drug-likeness (QED) is 0.698. The van der Waals surface area contributed by atoms with E-state index in [1.807, 2.05) is 18.2 Å². The highest BCUT2D eigenvalue weighted by Gasteiger charge is 2.20. The fourth-order valence-electron chi connectivity index (χ4n) is 2.01. The minimum atomic E-state index is -1.47. The van der Waals surface area contributed by atoms with Crippen LogP contribution in [0.2, 0.25) is 0 Å². The molecular formula is C15H9F3O. The van der Waals surface area contributed by atoms with Crippen LogP contribution in [0, 0.1) is 17.5 Å². The summed E-state index contributed by atoms with van der Waals surface area (Å²) in [6.07, 6.45) is 2.86. The third-order valence-corrected chi connectivity index (χ3v) is 2.96. The van der Waals surface area contributed by atoms with Crippen molar-refractivity contribution in [3.8, 4) is 5.75 Å². The summed E-state index contributed by atoms with van der Waals surface area (Å²) in [5, 5.41) is 0. The number of hydrogen-bond acceptors (Lipinski definition) is 1. The van der Waals surface area contributed by atoms with Crippen molar-refractivity contribution in [3.05, 3.63) is 71.1 Å². The molecule has 0 bridgehead atoms. The van der Waals surface area contributed by atoms with Crippen LogP contribution < -0.4 is 4.74 Å². The summed E-state index contributed by atoms with van der Waals surface area (Å²) in [5.74, 6) is -3.28. The van der Waals surface area contributed by atoms with Gasteiger partial charge in [0.25, 0.3) is 0 Å². The van der Waals surface area contributed by atoms with Crippen LogP contribution in [-0.4, -0.2) is 0 Å². The van der Waals surface area contributed by atoms with E-state index >= 15 is 0 Å². The lowest BCUT2D eigenvalue weighted by Gasteiger charge is -2.21. The normalized spacial score (nSPS) is 16.9. The predicted molar refractivity (Wildman–Crippen MR) is 65.2 cm³/mol. The Kier molecular flexibility index (Phi) is 2.78. The molecule has 0 saturated heterocycles. The molecule has 0 spiro atoms. The van der Waals surface area contributed by atoms with E-state index in [0.717, 1.165) is 17.7 Å². The van der Waals surface area contributed by atoms with Gasteiger partial charge in [0.05, 0.1) is 0 Å². The second kappa shape index (κ2) is 4.46. The van der Waals surface area contributed by atoms with Gasteiger partial charge in [-0.05, 0) is 24.3 Å². The maximum absolute atomic E-state index is 13.2. The summed E-state index contributed by atoms with van der Waals surface area (Å²) in [6.45, 7) is 0. The number of fused-ring (bicyclic) bond motifs is 1. The first-order valence-electron chi connectivity index (χ1n) is 5.73. The van der Waals surface area contributed by atoms with E-state index in [-0.39, 0.29) is 5.56 Å². The van der Waals surface area contributed by atoms with E-state index in [1.54, 1.807) is 18.2 Å². The number of rotatable bonds is 1. The Bertz CT molecular complexity index is 641. The van der Waals surface area contributed by atoms with Gasteiger partial charge in [-0.3, -0.25) is 0 Å². The van der Waals surface area contributed by atoms with Crippen LogP contribution in [0.3, 0.4) is 0 Å². The van der Waals surface area contributed by atoms with Crippen molar-refractivity contribution >= 4 is 6.08 Å². The Hall–Kier alpha value is -2.23. The summed E-state index contributed by atoms with van der Waals surface area (Å²) >= 11 is 0. The maximum atomic E-state index is 13.2. The lowest BCUT2D eigenvalue weighted by atomic mass is 10.0. The van der Waals surface area contributed by atoms with Crippen molar-refractivity contribution < 1.29 is 17.9 Å². The second-order valence-corrected chi connectivity index (χ2v) is 4.23. The molecule has 2 aromatic rings. The Morgan fingerprint density at radius 3 is 2.37 bits per heavy atom. The molecule has 1 nitrogen and oxygen atoms in total. The molecule has 4 heteroatoms. The standard InChI is InChI=1S/C15H9F3O/c16-11-7-10(8-12(17)15(11)18)14-6-5-9-3-1-2-4-13(9)19-14/h1-8,14H. The first-order chi connectivity index (χ1) is 9.15. The summed E-state index contributed by atoms with van der Waals surface area (Å²) in [6, 6.07) is 9.20. The molecule has 0 N–H and O–H groups in total. The van der Waals surface area contributed by atoms with Crippen LogP contribution >= 0.6 is 0 Å². The van der Waals surface area contributed by atoms with Gasteiger partial charge in [0.15, 0.2) is 17.5 Å². The maximum Gasteiger partial charge on any atom is 0.194 e. The number of para-hydroxylation sites is 1. The molecule has 1 unspecified atom stereocenters. The molecule has 2 aromatic carbocycles. The number of halogens is 3. The number of ether oxygens (including phenoxy) is 1. The SMILES string of the molecule is Fc1cc(C2C=Cc3ccccc3O2)cc(F)c1F. The summed E-state index contributed by atoms with van der Waals surface area (Å²) < 4.78 is 44.9. The Labute approximate surface area is 107 Å². The minimum Gasteiger partial charge on any atom is -0.481 e. The summed E-state index contributed by atoms with van der Waals surface area (Å²) in [5.41, 5.74) is 1.13. The zero-order valence-corrected chi connectivity index (χ0v) is 9.74. The highest BCUT2D eigenvalue weighted by Crippen LogP contribution is 2.33. The van der Waals surface area contributed by atoms with Crippen molar-refractivity contribution in [2.45, 2.75) is 6.10 Å². The topological polar surface area (TPSA) is 9.23 Å². The van der Waals surface area contributed by atoms with Crippen LogP contribution in [0.5, 0.6) is 5.75 Å². The molecule has 1 aliphatic heterocycles. The van der Waals surface area contributed by atoms with Gasteiger partial charge in [-0.1, -0.05) is 24.3 Å². The van der Waals surface area contributed by atoms with Crippen LogP contribution in [0.15, 0.2) is 42.5 Å². The fraction of sp³-hybridized carbons (Fsp3) is 0.0667. The van der Waals surface area contributed by atoms with E-state index in [0.29, 0.717) is 5.75 Å². The van der Waals surface area contributed by atoms with Crippen LogP contribution in [0.4, 0.5) is 13.2 Å². The molecule has 1 atom stereocenters. The van der Waals surface area contributed by atoms with Gasteiger partial charge >= 0.3 is 0 Å². The van der Waals surface area contributed by atoms with Crippen LogP contribution in [0.1, 0.15) is 17.2 Å². The van der Waals surface area contributed by atoms with Gasteiger partial charge in [-0.25, -0.2) is 13.2 Å². The Balaban J connectivity index is 1.98. The molecule has 0 fully saturated rings. The molecule has 3 rings (SSSR count). The Morgan fingerprint density at radius 2 is 1.63 bits per heavy atom. The van der Waals surface area contributed by atoms with Crippen molar-refractivity contribution in [1.82, 2.24) is 0 Å². The molecule has 0 aliphatic carbocycles. The molecule has 0 aromatic heterocycles. The fourth-order valence-corrected chi connectivity index (χ4v) is 2.01. The van der Waals surface area contributed by atoms with E-state index in [2.05, 4.69) is 0 Å². The number of hydrogen-bond donors (Lipinski definition) is 0. The van der Waals surface area contributed by atoms with Gasteiger partial charge in [0.1, 0.15) is 11.9 Å². The van der Waals surface area contributed by atoms with Gasteiger partial charge in [0.2, 0.25) is 0 Å². The van der Waals surface area contributed by atoms with Crippen molar-refractivity contribution in [2.75, 3.05) is 0 Å². The number of benzene rings is 2. The average molecular weight is 262 g/mol. The van der Waals surface area contributed by atoms with Crippen LogP contribution in [0.25, 0.3) is 6.08 Å². The van der Waals surface area contributed by atoms with Crippen molar-refractivity contribution in [3.63, 3.8) is 0 Å². The second-order valence-electron chi connectivity index (χ2n) is 4.23. The molecule has 1 aliphatic rings. The van der Waals surface area contributed by atoms with Crippen molar-refractivity contribution in [1.29, 1.82) is 0 Å². The minimum absolute atomic E-state index is 0.238. The third-order valence-electron chi connectivity index (χ3n) is 2.96. The van der Waals surface area contributed by atoms with Gasteiger partial charge in [-0.15, -0.1) is 0 Å². The molecule has 96 valence electrons. The van der Waals surface area contributed by atoms with Gasteiger partial charge in [0, 0.05) is 11.1 Å². The third kappa shape index (κ3) is 2.10. The molecule has 0 radical (unpaired) electrons. The first-order valence-corrected chi connectivity index (χ1v) is 5.73. The largest absolute Gasteiger partial charge is 0.481 e. The average Bonchev–Trinajstić information content (AvgIpc) is 2.43. The molecule has 1 heterocycles.